The number of nitrogens with zero attached hydrogens (tertiary/aromatic N) is 2. The lowest BCUT2D eigenvalue weighted by Gasteiger charge is -2.47. The van der Waals surface area contributed by atoms with E-state index in [-0.39, 0.29) is 29.1 Å². The van der Waals surface area contributed by atoms with Crippen LogP contribution in [0, 0.1) is 6.92 Å². The van der Waals surface area contributed by atoms with Crippen LogP contribution >= 0.6 is 7.55 Å². The number of para-hydroxylation sites is 1. The van der Waals surface area contributed by atoms with Gasteiger partial charge in [0.25, 0.3) is 6.71 Å². The molecular weight excluding hydrogens is 834 g/mol. The maximum Gasteiger partial charge on any atom is 0.263 e. The van der Waals surface area contributed by atoms with Gasteiger partial charge in [-0.3, -0.25) is 0 Å². The molecule has 5 aliphatic rings. The summed E-state index contributed by atoms with van der Waals surface area (Å²) < 4.78 is 14.5. The van der Waals surface area contributed by atoms with Crippen molar-refractivity contribution in [2.45, 2.75) is 91.6 Å². The minimum Gasteiger partial charge on any atom is -0.476 e. The number of aryl methyl sites for hydroxylation is 1. The monoisotopic (exact) mass is 889 g/mol. The third-order valence-electron chi connectivity index (χ3n) is 15.0. The van der Waals surface area contributed by atoms with Gasteiger partial charge in [-0.25, -0.2) is 0 Å². The number of ether oxygens (including phenoxy) is 1. The van der Waals surface area contributed by atoms with Gasteiger partial charge in [0.1, 0.15) is 16.9 Å². The van der Waals surface area contributed by atoms with Crippen molar-refractivity contribution in [2.75, 3.05) is 9.80 Å². The van der Waals surface area contributed by atoms with Gasteiger partial charge in [0.05, 0.1) is 11.1 Å². The van der Waals surface area contributed by atoms with E-state index in [2.05, 4.69) is 225 Å². The molecule has 13 rings (SSSR count). The number of furan rings is 1. The summed E-state index contributed by atoms with van der Waals surface area (Å²) in [6.07, 6.45) is 2.28. The zero-order chi connectivity index (χ0) is 46.1. The summed E-state index contributed by atoms with van der Waals surface area (Å²) in [5.74, 6) is 0.961. The minimum absolute atomic E-state index is 0.0151. The standard InChI is InChI=1S/C61H55BN2O2P/c1-35-30-45-53-46(31-35)64(40-27-22-37(23-28-40)60(5,6)7)56-52-42-18-14-15-19-48(42)65-50(52)34-51-55(56)62(53)54-47(63(45)39-25-20-36(21-26-39)59(2,3)4)33-44-43-32-38(61(8,9)10)24-29-49(43)66-57(44)58(54)67(51)41-16-12-11-13-17-41/h11-34,57H,1-10H3/q+1. The van der Waals surface area contributed by atoms with E-state index in [1.165, 1.54) is 93.8 Å². The first kappa shape index (κ1) is 40.7. The van der Waals surface area contributed by atoms with Gasteiger partial charge in [0.2, 0.25) is 0 Å². The molecule has 7 aromatic carbocycles. The smallest absolute Gasteiger partial charge is 0.263 e. The van der Waals surface area contributed by atoms with Crippen LogP contribution in [-0.2, 0) is 16.2 Å². The van der Waals surface area contributed by atoms with Crippen molar-refractivity contribution in [1.82, 2.24) is 0 Å². The highest BCUT2D eigenvalue weighted by Gasteiger charge is 2.59. The zero-order valence-corrected chi connectivity index (χ0v) is 41.1. The van der Waals surface area contributed by atoms with Crippen LogP contribution in [0.5, 0.6) is 5.75 Å². The summed E-state index contributed by atoms with van der Waals surface area (Å²) in [4.78, 5) is 5.22. The fraction of sp³-hybridized carbons (Fsp3) is 0.230. The first-order valence-electron chi connectivity index (χ1n) is 24.0. The highest BCUT2D eigenvalue weighted by Crippen LogP contribution is 2.56. The number of allylic oxidation sites excluding steroid dienone is 1. The van der Waals surface area contributed by atoms with E-state index in [4.69, 9.17) is 9.15 Å². The fourth-order valence-electron chi connectivity index (χ4n) is 11.7. The summed E-state index contributed by atoms with van der Waals surface area (Å²) in [5.41, 5.74) is 20.8. The maximum atomic E-state index is 7.41. The molecule has 8 aromatic rings. The van der Waals surface area contributed by atoms with Crippen molar-refractivity contribution in [3.63, 3.8) is 0 Å². The number of benzene rings is 7. The zero-order valence-electron chi connectivity index (χ0n) is 40.2. The van der Waals surface area contributed by atoms with E-state index < -0.39 is 7.55 Å². The molecule has 0 bridgehead atoms. The highest BCUT2D eigenvalue weighted by atomic mass is 31.1. The van der Waals surface area contributed by atoms with E-state index in [9.17, 15) is 0 Å². The Labute approximate surface area is 396 Å². The molecule has 0 saturated carbocycles. The average Bonchev–Trinajstić information content (AvgIpc) is 3.86. The van der Waals surface area contributed by atoms with Crippen LogP contribution in [0.4, 0.5) is 28.4 Å². The second-order valence-corrected chi connectivity index (χ2v) is 24.6. The average molecular weight is 890 g/mol. The van der Waals surface area contributed by atoms with Gasteiger partial charge >= 0.3 is 0 Å². The number of anilines is 5. The normalized spacial score (nSPS) is 17.5. The van der Waals surface area contributed by atoms with E-state index >= 15 is 0 Å². The Morgan fingerprint density at radius 2 is 1.18 bits per heavy atom. The van der Waals surface area contributed by atoms with Crippen LogP contribution in [0.2, 0.25) is 0 Å². The quantitative estimate of drug-likeness (QED) is 0.131. The number of fused-ring (bicyclic) bond motifs is 8. The Morgan fingerprint density at radius 1 is 0.582 bits per heavy atom. The summed E-state index contributed by atoms with van der Waals surface area (Å²) in [6, 6.07) is 53.0. The molecule has 2 atom stereocenters. The first-order valence-corrected chi connectivity index (χ1v) is 25.3. The van der Waals surface area contributed by atoms with Gasteiger partial charge in [-0.05, 0) is 124 Å². The molecule has 4 nitrogen and oxygen atoms in total. The summed E-state index contributed by atoms with van der Waals surface area (Å²) in [6.45, 7) is 23.0. The summed E-state index contributed by atoms with van der Waals surface area (Å²) in [5, 5.41) is 6.36. The Kier molecular flexibility index (Phi) is 8.37. The lowest BCUT2D eigenvalue weighted by atomic mass is 9.31. The second-order valence-electron chi connectivity index (χ2n) is 22.5. The predicted molar refractivity (Wildman–Crippen MR) is 286 cm³/mol. The van der Waals surface area contributed by atoms with Crippen LogP contribution < -0.4 is 36.1 Å². The third kappa shape index (κ3) is 5.83. The third-order valence-corrected chi connectivity index (χ3v) is 17.6. The van der Waals surface area contributed by atoms with E-state index in [1.807, 2.05) is 0 Å². The summed E-state index contributed by atoms with van der Waals surface area (Å²) >= 11 is 0. The topological polar surface area (TPSA) is 28.9 Å². The molecule has 0 fully saturated rings. The van der Waals surface area contributed by atoms with Gasteiger partial charge in [0, 0.05) is 62.0 Å². The molecule has 0 N–H and O–H groups in total. The Morgan fingerprint density at radius 3 is 1.84 bits per heavy atom. The number of rotatable bonds is 3. The molecule has 328 valence electrons. The fourth-order valence-corrected chi connectivity index (χ4v) is 14.6. The Hall–Kier alpha value is -6.55. The van der Waals surface area contributed by atoms with Crippen molar-refractivity contribution < 1.29 is 9.15 Å². The SMILES string of the molecule is Cc1cc2c3c(c1)N(c1ccc(C(C)(C)C)cc1)c1c4c(cc5oc6ccccc6c15)[P+](c1ccccc1)=C1C(=C(C=C5c6cc(C(C)(C)C)ccc6OC51)N2c1ccc(C(C)(C)C)cc1)B34. The summed E-state index contributed by atoms with van der Waals surface area (Å²) in [7, 11) is -1.15. The van der Waals surface area contributed by atoms with E-state index in [0.717, 1.165) is 33.7 Å². The van der Waals surface area contributed by atoms with Crippen molar-refractivity contribution in [2.24, 2.45) is 0 Å². The number of hydrogen-bond acceptors (Lipinski definition) is 4. The first-order chi connectivity index (χ1) is 32.0. The van der Waals surface area contributed by atoms with Gasteiger partial charge in [-0.1, -0.05) is 129 Å². The maximum absolute atomic E-state index is 7.41. The van der Waals surface area contributed by atoms with Crippen molar-refractivity contribution in [3.8, 4) is 5.75 Å². The minimum atomic E-state index is -1.15. The van der Waals surface area contributed by atoms with Crippen LogP contribution in [-0.4, -0.2) is 18.1 Å². The van der Waals surface area contributed by atoms with Gasteiger partial charge in [-0.2, -0.15) is 0 Å². The largest absolute Gasteiger partial charge is 0.476 e. The predicted octanol–water partition coefficient (Wildman–Crippen LogP) is 13.6. The van der Waals surface area contributed by atoms with Crippen molar-refractivity contribution in [1.29, 1.82) is 0 Å². The van der Waals surface area contributed by atoms with Gasteiger partial charge in [0.15, 0.2) is 29.6 Å². The molecule has 0 saturated heterocycles. The molecule has 6 heteroatoms. The lowest BCUT2D eigenvalue weighted by molar-refractivity contribution is 0.341. The molecule has 2 unspecified atom stereocenters. The van der Waals surface area contributed by atoms with Gasteiger partial charge < -0.3 is 19.0 Å². The van der Waals surface area contributed by atoms with Crippen LogP contribution in [0.15, 0.2) is 161 Å². The molecule has 1 aromatic heterocycles. The van der Waals surface area contributed by atoms with Crippen molar-refractivity contribution in [3.05, 3.63) is 185 Å². The molecule has 0 spiro atoms. The molecule has 5 heterocycles. The highest BCUT2D eigenvalue weighted by molar-refractivity contribution is 7.75. The molecule has 0 radical (unpaired) electrons. The molecule has 67 heavy (non-hydrogen) atoms. The van der Waals surface area contributed by atoms with Crippen LogP contribution in [0.25, 0.3) is 27.5 Å². The molecule has 1 aliphatic carbocycles. The van der Waals surface area contributed by atoms with E-state index in [1.54, 1.807) is 0 Å². The van der Waals surface area contributed by atoms with Crippen LogP contribution in [0.3, 0.4) is 0 Å². The number of hydrogen-bond donors (Lipinski definition) is 0. The Balaban J connectivity index is 1.22. The molecule has 0 amide bonds. The van der Waals surface area contributed by atoms with Gasteiger partial charge in [-0.15, -0.1) is 0 Å². The van der Waals surface area contributed by atoms with Crippen molar-refractivity contribution >= 4 is 97.0 Å². The van der Waals surface area contributed by atoms with Crippen LogP contribution in [0.1, 0.15) is 90.1 Å². The Bertz CT molecular complexity index is 3560. The molecular formula is C61H55BN2O2P+. The second kappa shape index (κ2) is 13.8. The van der Waals surface area contributed by atoms with E-state index in [0.29, 0.717) is 0 Å². The molecule has 4 aliphatic heterocycles. The lowest BCUT2D eigenvalue weighted by Crippen LogP contribution is -2.64.